The highest BCUT2D eigenvalue weighted by atomic mass is 16.6. The largest absolute Gasteiger partial charge is 0.458 e. The average Bonchev–Trinajstić information content (AvgIpc) is 2.61. The fraction of sp³-hybridized carbons (Fsp3) is 0.760. The summed E-state index contributed by atoms with van der Waals surface area (Å²) in [6, 6.07) is -1.83. The van der Waals surface area contributed by atoms with E-state index in [-0.39, 0.29) is 19.4 Å². The highest BCUT2D eigenvalue weighted by Gasteiger charge is 2.28. The molecule has 10 nitrogen and oxygen atoms in total. The van der Waals surface area contributed by atoms with E-state index in [1.54, 1.807) is 62.3 Å². The zero-order valence-electron chi connectivity index (χ0n) is 22.6. The lowest BCUT2D eigenvalue weighted by Crippen LogP contribution is -2.48. The van der Waals surface area contributed by atoms with Crippen LogP contribution in [0.2, 0.25) is 0 Å². The number of esters is 1. The van der Waals surface area contributed by atoms with Crippen LogP contribution in [0.4, 0.5) is 9.59 Å². The monoisotopic (exact) mass is 497 g/mol. The van der Waals surface area contributed by atoms with Gasteiger partial charge in [-0.2, -0.15) is 0 Å². The third kappa shape index (κ3) is 17.2. The van der Waals surface area contributed by atoms with Gasteiger partial charge >= 0.3 is 18.2 Å². The lowest BCUT2D eigenvalue weighted by Gasteiger charge is -2.26. The van der Waals surface area contributed by atoms with Crippen molar-refractivity contribution in [1.82, 2.24) is 16.0 Å². The van der Waals surface area contributed by atoms with Gasteiger partial charge in [-0.05, 0) is 81.6 Å². The van der Waals surface area contributed by atoms with Gasteiger partial charge < -0.3 is 30.2 Å². The number of unbranched alkanes of at least 4 members (excludes halogenated alkanes) is 1. The summed E-state index contributed by atoms with van der Waals surface area (Å²) < 4.78 is 15.8. The standard InChI is InChI=1S/C25H43N3O7/c1-11-14-17(27-21(31)34-24(5,6)7)19(29)26-16-13-12-15-18(20(30)33-23(2,3)4)28-22(32)35-25(8,9)10/h1,17-18H,12-16H2,2-10H3,(H,26,29)(H,27,31)(H,28,32)/t17?,18-/m0/s1. The maximum absolute atomic E-state index is 12.6. The van der Waals surface area contributed by atoms with E-state index in [1.807, 2.05) is 0 Å². The second-order valence-corrected chi connectivity index (χ2v) is 11.1. The van der Waals surface area contributed by atoms with Gasteiger partial charge in [-0.15, -0.1) is 12.3 Å². The molecule has 0 rings (SSSR count). The zero-order valence-corrected chi connectivity index (χ0v) is 22.6. The summed E-state index contributed by atoms with van der Waals surface area (Å²) in [7, 11) is 0. The van der Waals surface area contributed by atoms with Gasteiger partial charge in [0.25, 0.3) is 0 Å². The molecular formula is C25H43N3O7. The Kier molecular flexibility index (Phi) is 12.6. The molecule has 0 aliphatic heterocycles. The summed E-state index contributed by atoms with van der Waals surface area (Å²) in [5.74, 6) is 1.36. The Morgan fingerprint density at radius 2 is 1.20 bits per heavy atom. The van der Waals surface area contributed by atoms with Crippen molar-refractivity contribution in [3.05, 3.63) is 0 Å². The number of amides is 3. The maximum atomic E-state index is 12.6. The summed E-state index contributed by atoms with van der Waals surface area (Å²) in [4.78, 5) is 49.1. The van der Waals surface area contributed by atoms with Gasteiger partial charge in [0, 0.05) is 13.0 Å². The fourth-order valence-corrected chi connectivity index (χ4v) is 2.66. The van der Waals surface area contributed by atoms with Crippen molar-refractivity contribution in [2.75, 3.05) is 6.54 Å². The van der Waals surface area contributed by atoms with Gasteiger partial charge in [0.1, 0.15) is 28.9 Å². The molecule has 3 amide bonds. The van der Waals surface area contributed by atoms with Crippen LogP contribution in [-0.2, 0) is 23.8 Å². The van der Waals surface area contributed by atoms with E-state index in [0.717, 1.165) is 0 Å². The molecule has 0 radical (unpaired) electrons. The molecule has 0 bridgehead atoms. The van der Waals surface area contributed by atoms with Crippen molar-refractivity contribution >= 4 is 24.1 Å². The number of rotatable bonds is 10. The smallest absolute Gasteiger partial charge is 0.408 e. The van der Waals surface area contributed by atoms with Gasteiger partial charge in [0.15, 0.2) is 0 Å². The minimum Gasteiger partial charge on any atom is -0.458 e. The third-order valence-corrected chi connectivity index (χ3v) is 3.93. The fourth-order valence-electron chi connectivity index (χ4n) is 2.66. The minimum atomic E-state index is -0.932. The molecule has 0 spiro atoms. The molecule has 0 aromatic rings. The first-order chi connectivity index (χ1) is 15.8. The molecule has 2 atom stereocenters. The number of terminal acetylenes is 1. The Bertz CT molecular complexity index is 768. The molecule has 0 aliphatic rings. The van der Waals surface area contributed by atoms with Crippen molar-refractivity contribution in [2.45, 2.75) is 117 Å². The molecule has 0 saturated carbocycles. The molecule has 0 aromatic carbocycles. The SMILES string of the molecule is C#CCC(NC(=O)OC(C)(C)C)C(=O)NCCCC[C@H](NC(=O)OC(C)(C)C)C(=O)OC(C)(C)C. The number of hydrogen-bond donors (Lipinski definition) is 3. The Balaban J connectivity index is 4.82. The van der Waals surface area contributed by atoms with Crippen LogP contribution in [0.3, 0.4) is 0 Å². The second kappa shape index (κ2) is 13.8. The van der Waals surface area contributed by atoms with E-state index in [0.29, 0.717) is 12.8 Å². The van der Waals surface area contributed by atoms with Crippen LogP contribution in [0.25, 0.3) is 0 Å². The summed E-state index contributed by atoms with van der Waals surface area (Å²) in [6.45, 7) is 15.8. The first-order valence-corrected chi connectivity index (χ1v) is 11.8. The van der Waals surface area contributed by atoms with Crippen LogP contribution in [0.1, 0.15) is 88.0 Å². The Morgan fingerprint density at radius 3 is 1.63 bits per heavy atom. The number of nitrogens with one attached hydrogen (secondary N) is 3. The highest BCUT2D eigenvalue weighted by molar-refractivity contribution is 5.86. The molecule has 0 aliphatic carbocycles. The Hall–Kier alpha value is -2.96. The minimum absolute atomic E-state index is 0.00556. The van der Waals surface area contributed by atoms with Crippen molar-refractivity contribution in [1.29, 1.82) is 0 Å². The van der Waals surface area contributed by atoms with E-state index < -0.39 is 52.9 Å². The van der Waals surface area contributed by atoms with Crippen LogP contribution in [0.5, 0.6) is 0 Å². The molecule has 0 aromatic heterocycles. The van der Waals surface area contributed by atoms with Gasteiger partial charge in [-0.3, -0.25) is 4.79 Å². The summed E-state index contributed by atoms with van der Waals surface area (Å²) in [5, 5.41) is 7.75. The van der Waals surface area contributed by atoms with Crippen molar-refractivity contribution in [2.24, 2.45) is 0 Å². The lowest BCUT2D eigenvalue weighted by molar-refractivity contribution is -0.157. The molecule has 35 heavy (non-hydrogen) atoms. The number of alkyl carbamates (subject to hydrolysis) is 2. The van der Waals surface area contributed by atoms with Crippen molar-refractivity contribution in [3.8, 4) is 12.3 Å². The first kappa shape index (κ1) is 32.0. The molecule has 0 fully saturated rings. The molecule has 0 heterocycles. The summed E-state index contributed by atoms with van der Waals surface area (Å²) >= 11 is 0. The lowest BCUT2D eigenvalue weighted by atomic mass is 10.1. The van der Waals surface area contributed by atoms with Gasteiger partial charge in [0.2, 0.25) is 5.91 Å². The van der Waals surface area contributed by atoms with E-state index in [2.05, 4.69) is 21.9 Å². The highest BCUT2D eigenvalue weighted by Crippen LogP contribution is 2.13. The Morgan fingerprint density at radius 1 is 0.743 bits per heavy atom. The predicted molar refractivity (Wildman–Crippen MR) is 132 cm³/mol. The first-order valence-electron chi connectivity index (χ1n) is 11.8. The van der Waals surface area contributed by atoms with Gasteiger partial charge in [-0.1, -0.05) is 0 Å². The van der Waals surface area contributed by atoms with E-state index in [4.69, 9.17) is 20.6 Å². The quantitative estimate of drug-likeness (QED) is 0.182. The molecule has 200 valence electrons. The number of hydrogen-bond acceptors (Lipinski definition) is 7. The van der Waals surface area contributed by atoms with Gasteiger partial charge in [0.05, 0.1) is 0 Å². The topological polar surface area (TPSA) is 132 Å². The number of ether oxygens (including phenoxy) is 3. The van der Waals surface area contributed by atoms with Crippen LogP contribution >= 0.6 is 0 Å². The Labute approximate surface area is 209 Å². The predicted octanol–water partition coefficient (Wildman–Crippen LogP) is 3.42. The summed E-state index contributed by atoms with van der Waals surface area (Å²) in [6.07, 6.45) is 5.17. The number of carbonyl (C=O) groups is 4. The number of carbonyl (C=O) groups excluding carboxylic acids is 4. The zero-order chi connectivity index (χ0) is 27.4. The van der Waals surface area contributed by atoms with Gasteiger partial charge in [-0.25, -0.2) is 14.4 Å². The molecular weight excluding hydrogens is 454 g/mol. The maximum Gasteiger partial charge on any atom is 0.408 e. The molecule has 10 heteroatoms. The second-order valence-electron chi connectivity index (χ2n) is 11.1. The molecule has 0 saturated heterocycles. The van der Waals surface area contributed by atoms with Crippen LogP contribution in [-0.4, -0.2) is 59.5 Å². The normalized spacial score (nSPS) is 13.5. The molecule has 1 unspecified atom stereocenters. The van der Waals surface area contributed by atoms with Crippen molar-refractivity contribution in [3.63, 3.8) is 0 Å². The molecule has 3 N–H and O–H groups in total. The van der Waals surface area contributed by atoms with Crippen LogP contribution < -0.4 is 16.0 Å². The van der Waals surface area contributed by atoms with E-state index >= 15 is 0 Å². The van der Waals surface area contributed by atoms with Crippen LogP contribution in [0.15, 0.2) is 0 Å². The van der Waals surface area contributed by atoms with Crippen LogP contribution in [0, 0.1) is 12.3 Å². The van der Waals surface area contributed by atoms with Crippen molar-refractivity contribution < 1.29 is 33.4 Å². The average molecular weight is 498 g/mol. The summed E-state index contributed by atoms with van der Waals surface area (Å²) in [5.41, 5.74) is -2.14. The van der Waals surface area contributed by atoms with E-state index in [1.165, 1.54) is 0 Å². The third-order valence-electron chi connectivity index (χ3n) is 3.93. The van der Waals surface area contributed by atoms with E-state index in [9.17, 15) is 19.2 Å².